The minimum absolute atomic E-state index is 0.0373. The SMILES string of the molecule is COc1ccccc1/C(O)=C1/C(=O)C(=O)N(c2cc(C)ccc2C)C1c1ccc(C)o1. The van der Waals surface area contributed by atoms with E-state index in [0.717, 1.165) is 11.1 Å². The Morgan fingerprint density at radius 1 is 1.03 bits per heavy atom. The molecule has 1 atom stereocenters. The van der Waals surface area contributed by atoms with Crippen molar-refractivity contribution in [3.63, 3.8) is 0 Å². The maximum Gasteiger partial charge on any atom is 0.300 e. The highest BCUT2D eigenvalue weighted by Crippen LogP contribution is 2.44. The molecule has 1 N–H and O–H groups in total. The quantitative estimate of drug-likeness (QED) is 0.373. The van der Waals surface area contributed by atoms with Gasteiger partial charge in [-0.05, 0) is 62.2 Å². The van der Waals surface area contributed by atoms with E-state index >= 15 is 0 Å². The van der Waals surface area contributed by atoms with Crippen LogP contribution in [0, 0.1) is 20.8 Å². The first-order valence-corrected chi connectivity index (χ1v) is 9.91. The number of nitrogens with zero attached hydrogens (tertiary/aromatic N) is 1. The standard InChI is InChI=1S/C25H23NO5/c1-14-9-10-15(2)18(13-14)26-22(20-12-11-16(3)31-20)21(24(28)25(26)29)23(27)17-7-5-6-8-19(17)30-4/h5-13,22,27H,1-4H3/b23-21-. The summed E-state index contributed by atoms with van der Waals surface area (Å²) in [4.78, 5) is 27.8. The van der Waals surface area contributed by atoms with E-state index in [9.17, 15) is 14.7 Å². The minimum Gasteiger partial charge on any atom is -0.507 e. The number of rotatable bonds is 4. The van der Waals surface area contributed by atoms with Crippen molar-refractivity contribution in [2.45, 2.75) is 26.8 Å². The number of ketones is 1. The number of ether oxygens (including phenoxy) is 1. The van der Waals surface area contributed by atoms with Crippen molar-refractivity contribution in [1.29, 1.82) is 0 Å². The summed E-state index contributed by atoms with van der Waals surface area (Å²) < 4.78 is 11.2. The molecule has 1 aromatic heterocycles. The predicted octanol–water partition coefficient (Wildman–Crippen LogP) is 4.84. The van der Waals surface area contributed by atoms with E-state index in [1.54, 1.807) is 43.3 Å². The molecule has 1 saturated heterocycles. The van der Waals surface area contributed by atoms with Gasteiger partial charge in [0.15, 0.2) is 0 Å². The third kappa shape index (κ3) is 3.40. The van der Waals surface area contributed by atoms with E-state index in [0.29, 0.717) is 28.5 Å². The maximum atomic E-state index is 13.2. The summed E-state index contributed by atoms with van der Waals surface area (Å²) in [6.07, 6.45) is 0. The van der Waals surface area contributed by atoms with Crippen molar-refractivity contribution >= 4 is 23.1 Å². The monoisotopic (exact) mass is 417 g/mol. The number of para-hydroxylation sites is 1. The zero-order valence-electron chi connectivity index (χ0n) is 17.8. The Kier molecular flexibility index (Phi) is 5.15. The zero-order chi connectivity index (χ0) is 22.3. The molecule has 3 aromatic rings. The number of hydrogen-bond donors (Lipinski definition) is 1. The highest BCUT2D eigenvalue weighted by Gasteiger charge is 2.49. The summed E-state index contributed by atoms with van der Waals surface area (Å²) in [5, 5.41) is 11.2. The molecule has 4 rings (SSSR count). The first-order chi connectivity index (χ1) is 14.8. The molecular formula is C25H23NO5. The largest absolute Gasteiger partial charge is 0.507 e. The third-order valence-corrected chi connectivity index (χ3v) is 5.46. The number of Topliss-reactive ketones (excluding diaryl/α,β-unsaturated/α-hetero) is 1. The average molecular weight is 417 g/mol. The van der Waals surface area contributed by atoms with Crippen molar-refractivity contribution < 1.29 is 23.8 Å². The fourth-order valence-electron chi connectivity index (χ4n) is 3.91. The molecule has 0 radical (unpaired) electrons. The van der Waals surface area contributed by atoms with Gasteiger partial charge in [0.1, 0.15) is 29.1 Å². The fourth-order valence-corrected chi connectivity index (χ4v) is 3.91. The van der Waals surface area contributed by atoms with Gasteiger partial charge in [-0.25, -0.2) is 0 Å². The van der Waals surface area contributed by atoms with Gasteiger partial charge >= 0.3 is 0 Å². The number of hydrogen-bond acceptors (Lipinski definition) is 5. The fraction of sp³-hybridized carbons (Fsp3) is 0.200. The molecule has 2 heterocycles. The average Bonchev–Trinajstić information content (AvgIpc) is 3.30. The zero-order valence-corrected chi connectivity index (χ0v) is 17.8. The van der Waals surface area contributed by atoms with Gasteiger partial charge in [0.25, 0.3) is 11.7 Å². The van der Waals surface area contributed by atoms with Crippen LogP contribution in [0.25, 0.3) is 5.76 Å². The van der Waals surface area contributed by atoms with Crippen molar-refractivity contribution in [1.82, 2.24) is 0 Å². The van der Waals surface area contributed by atoms with Gasteiger partial charge in [-0.3, -0.25) is 14.5 Å². The molecule has 0 saturated carbocycles. The van der Waals surface area contributed by atoms with Crippen LogP contribution in [0.4, 0.5) is 5.69 Å². The molecule has 6 nitrogen and oxygen atoms in total. The Bertz CT molecular complexity index is 1220. The molecule has 0 aliphatic carbocycles. The summed E-state index contributed by atoms with van der Waals surface area (Å²) >= 11 is 0. The van der Waals surface area contributed by atoms with Gasteiger partial charge in [0, 0.05) is 5.69 Å². The van der Waals surface area contributed by atoms with Crippen LogP contribution in [0.15, 0.2) is 64.6 Å². The van der Waals surface area contributed by atoms with E-state index in [1.165, 1.54) is 12.0 Å². The van der Waals surface area contributed by atoms with Crippen molar-refractivity contribution in [3.8, 4) is 5.75 Å². The second-order valence-electron chi connectivity index (χ2n) is 7.61. The Hall–Kier alpha value is -3.80. The molecule has 0 spiro atoms. The third-order valence-electron chi connectivity index (χ3n) is 5.46. The number of aliphatic hydroxyl groups is 1. The molecule has 158 valence electrons. The number of aliphatic hydroxyl groups excluding tert-OH is 1. The van der Waals surface area contributed by atoms with E-state index in [4.69, 9.17) is 9.15 Å². The van der Waals surface area contributed by atoms with Crippen LogP contribution in [0.1, 0.15) is 34.3 Å². The summed E-state index contributed by atoms with van der Waals surface area (Å²) in [6, 6.07) is 15.1. The normalized spacial score (nSPS) is 17.9. The molecule has 1 unspecified atom stereocenters. The second-order valence-corrected chi connectivity index (χ2v) is 7.61. The number of benzene rings is 2. The van der Waals surface area contributed by atoms with Crippen LogP contribution >= 0.6 is 0 Å². The Labute approximate surface area is 180 Å². The smallest absolute Gasteiger partial charge is 0.300 e. The van der Waals surface area contributed by atoms with Gasteiger partial charge in [0.05, 0.1) is 18.2 Å². The van der Waals surface area contributed by atoms with Gasteiger partial charge in [0.2, 0.25) is 0 Å². The number of methoxy groups -OCH3 is 1. The van der Waals surface area contributed by atoms with E-state index in [-0.39, 0.29) is 11.3 Å². The summed E-state index contributed by atoms with van der Waals surface area (Å²) in [6.45, 7) is 5.58. The first-order valence-electron chi connectivity index (χ1n) is 9.91. The summed E-state index contributed by atoms with van der Waals surface area (Å²) in [5.41, 5.74) is 2.67. The molecule has 0 bridgehead atoms. The van der Waals surface area contributed by atoms with Gasteiger partial charge in [-0.2, -0.15) is 0 Å². The van der Waals surface area contributed by atoms with E-state index in [1.807, 2.05) is 32.0 Å². The topological polar surface area (TPSA) is 80.0 Å². The number of aryl methyl sites for hydroxylation is 3. The predicted molar refractivity (Wildman–Crippen MR) is 117 cm³/mol. The molecule has 1 fully saturated rings. The van der Waals surface area contributed by atoms with Crippen LogP contribution in [0.2, 0.25) is 0 Å². The van der Waals surface area contributed by atoms with Crippen LogP contribution in [-0.2, 0) is 9.59 Å². The number of carbonyl (C=O) groups is 2. The maximum absolute atomic E-state index is 13.2. The Morgan fingerprint density at radius 2 is 1.77 bits per heavy atom. The van der Waals surface area contributed by atoms with Crippen LogP contribution in [0.5, 0.6) is 5.75 Å². The number of anilines is 1. The lowest BCUT2D eigenvalue weighted by atomic mass is 9.98. The lowest BCUT2D eigenvalue weighted by Crippen LogP contribution is -2.30. The first kappa shape index (κ1) is 20.5. The number of carbonyl (C=O) groups excluding carboxylic acids is 2. The van der Waals surface area contributed by atoms with Crippen LogP contribution < -0.4 is 9.64 Å². The summed E-state index contributed by atoms with van der Waals surface area (Å²) in [7, 11) is 1.48. The van der Waals surface area contributed by atoms with Crippen LogP contribution in [0.3, 0.4) is 0 Å². The number of furan rings is 1. The summed E-state index contributed by atoms with van der Waals surface area (Å²) in [5.74, 6) is -0.365. The molecule has 1 aliphatic rings. The van der Waals surface area contributed by atoms with Crippen molar-refractivity contribution in [2.24, 2.45) is 0 Å². The van der Waals surface area contributed by atoms with Gasteiger partial charge in [-0.1, -0.05) is 24.3 Å². The minimum atomic E-state index is -0.904. The second kappa shape index (κ2) is 7.80. The molecule has 31 heavy (non-hydrogen) atoms. The highest BCUT2D eigenvalue weighted by atomic mass is 16.5. The Balaban J connectivity index is 2.00. The molecule has 1 aliphatic heterocycles. The van der Waals surface area contributed by atoms with Gasteiger partial charge in [-0.15, -0.1) is 0 Å². The highest BCUT2D eigenvalue weighted by molar-refractivity contribution is 6.51. The van der Waals surface area contributed by atoms with Crippen molar-refractivity contribution in [2.75, 3.05) is 12.0 Å². The lowest BCUT2D eigenvalue weighted by molar-refractivity contribution is -0.132. The van der Waals surface area contributed by atoms with Gasteiger partial charge < -0.3 is 14.3 Å². The lowest BCUT2D eigenvalue weighted by Gasteiger charge is -2.25. The molecule has 2 aromatic carbocycles. The molecule has 6 heteroatoms. The Morgan fingerprint density at radius 3 is 2.45 bits per heavy atom. The van der Waals surface area contributed by atoms with E-state index in [2.05, 4.69) is 0 Å². The molecule has 1 amide bonds. The molecular weight excluding hydrogens is 394 g/mol. The van der Waals surface area contributed by atoms with Crippen molar-refractivity contribution in [3.05, 3.63) is 88.4 Å². The van der Waals surface area contributed by atoms with E-state index < -0.39 is 17.7 Å². The van der Waals surface area contributed by atoms with Crippen LogP contribution in [-0.4, -0.2) is 23.9 Å². The number of amides is 1.